The number of rotatable bonds is 6. The maximum Gasteiger partial charge on any atom is 0.239 e. The molecule has 0 aliphatic rings. The van der Waals surface area contributed by atoms with E-state index in [4.69, 9.17) is 18.0 Å². The number of amides is 1. The van der Waals surface area contributed by atoms with Crippen molar-refractivity contribution in [3.63, 3.8) is 0 Å². The Kier molecular flexibility index (Phi) is 5.76. The molecule has 0 radical (unpaired) electrons. The average molecular weight is 279 g/mol. The first-order valence-corrected chi connectivity index (χ1v) is 6.82. The van der Waals surface area contributed by atoms with Crippen LogP contribution in [0, 0.1) is 6.92 Å². The molecule has 0 saturated carbocycles. The zero-order valence-electron chi connectivity index (χ0n) is 11.7. The fourth-order valence-electron chi connectivity index (χ4n) is 1.93. The lowest BCUT2D eigenvalue weighted by molar-refractivity contribution is -0.119. The molecule has 104 valence electrons. The third-order valence-corrected chi connectivity index (χ3v) is 3.15. The number of benzene rings is 1. The van der Waals surface area contributed by atoms with Crippen molar-refractivity contribution < 1.29 is 4.79 Å². The van der Waals surface area contributed by atoms with Crippen molar-refractivity contribution in [1.29, 1.82) is 0 Å². The number of hydrogen-bond donors (Lipinski definition) is 2. The lowest BCUT2D eigenvalue weighted by Gasteiger charge is -2.23. The molecule has 1 aromatic rings. The van der Waals surface area contributed by atoms with Gasteiger partial charge in [0.2, 0.25) is 5.91 Å². The number of carbonyl (C=O) groups is 1. The lowest BCUT2D eigenvalue weighted by atomic mass is 10.1. The van der Waals surface area contributed by atoms with Crippen LogP contribution < -0.4 is 16.0 Å². The first-order chi connectivity index (χ1) is 8.99. The van der Waals surface area contributed by atoms with E-state index in [1.807, 2.05) is 43.9 Å². The molecule has 3 N–H and O–H groups in total. The third kappa shape index (κ3) is 4.21. The zero-order chi connectivity index (χ0) is 14.4. The second kappa shape index (κ2) is 7.09. The van der Waals surface area contributed by atoms with E-state index in [-0.39, 0.29) is 5.91 Å². The van der Waals surface area contributed by atoms with E-state index in [9.17, 15) is 4.79 Å². The molecule has 1 aromatic carbocycles. The summed E-state index contributed by atoms with van der Waals surface area (Å²) in [6.45, 7) is 7.68. The quantitative estimate of drug-likeness (QED) is 0.777. The predicted octanol–water partition coefficient (Wildman–Crippen LogP) is 1.59. The monoisotopic (exact) mass is 279 g/mol. The van der Waals surface area contributed by atoms with Crippen molar-refractivity contribution in [3.05, 3.63) is 29.3 Å². The van der Waals surface area contributed by atoms with Gasteiger partial charge in [0.05, 0.1) is 6.54 Å². The number of anilines is 1. The molecule has 0 spiro atoms. The maximum absolute atomic E-state index is 11.7. The first kappa shape index (κ1) is 15.4. The Morgan fingerprint density at radius 3 is 2.58 bits per heavy atom. The van der Waals surface area contributed by atoms with Crippen LogP contribution in [0.15, 0.2) is 18.2 Å². The van der Waals surface area contributed by atoms with Gasteiger partial charge >= 0.3 is 0 Å². The molecule has 0 heterocycles. The van der Waals surface area contributed by atoms with Crippen molar-refractivity contribution >= 4 is 28.8 Å². The number of nitrogens with zero attached hydrogens (tertiary/aromatic N) is 1. The molecule has 0 saturated heterocycles. The SMILES string of the molecule is CCNC(=O)CN(CC)c1ccc(C(N)=S)c(C)c1. The van der Waals surface area contributed by atoms with Crippen molar-refractivity contribution in [3.8, 4) is 0 Å². The molecule has 5 heteroatoms. The predicted molar refractivity (Wildman–Crippen MR) is 83.6 cm³/mol. The van der Waals surface area contributed by atoms with E-state index in [1.54, 1.807) is 0 Å². The van der Waals surface area contributed by atoms with Crippen LogP contribution in [-0.4, -0.2) is 30.5 Å². The summed E-state index contributed by atoms with van der Waals surface area (Å²) in [4.78, 5) is 14.1. The van der Waals surface area contributed by atoms with Gasteiger partial charge in [-0.1, -0.05) is 12.2 Å². The van der Waals surface area contributed by atoms with Crippen molar-refractivity contribution in [1.82, 2.24) is 5.32 Å². The highest BCUT2D eigenvalue weighted by molar-refractivity contribution is 7.80. The van der Waals surface area contributed by atoms with Crippen molar-refractivity contribution in [2.45, 2.75) is 20.8 Å². The van der Waals surface area contributed by atoms with Crippen LogP contribution in [0.3, 0.4) is 0 Å². The summed E-state index contributed by atoms with van der Waals surface area (Å²) in [6, 6.07) is 5.87. The summed E-state index contributed by atoms with van der Waals surface area (Å²) in [6.07, 6.45) is 0. The van der Waals surface area contributed by atoms with E-state index < -0.39 is 0 Å². The molecule has 0 atom stereocenters. The smallest absolute Gasteiger partial charge is 0.239 e. The van der Waals surface area contributed by atoms with Gasteiger partial charge in [0.25, 0.3) is 0 Å². The summed E-state index contributed by atoms with van der Waals surface area (Å²) in [5, 5.41) is 2.80. The minimum absolute atomic E-state index is 0.0282. The van der Waals surface area contributed by atoms with Crippen molar-refractivity contribution in [2.75, 3.05) is 24.5 Å². The minimum Gasteiger partial charge on any atom is -0.389 e. The number of likely N-dealkylation sites (N-methyl/N-ethyl adjacent to an activating group) is 2. The van der Waals surface area contributed by atoms with Gasteiger partial charge in [-0.2, -0.15) is 0 Å². The van der Waals surface area contributed by atoms with Gasteiger partial charge in [-0.3, -0.25) is 4.79 Å². The Balaban J connectivity index is 2.90. The van der Waals surface area contributed by atoms with Gasteiger partial charge in [-0.15, -0.1) is 0 Å². The number of hydrogen-bond acceptors (Lipinski definition) is 3. The van der Waals surface area contributed by atoms with Gasteiger partial charge in [0.15, 0.2) is 0 Å². The molecule has 0 bridgehead atoms. The Hall–Kier alpha value is -1.62. The van der Waals surface area contributed by atoms with Gasteiger partial charge in [-0.25, -0.2) is 0 Å². The summed E-state index contributed by atoms with van der Waals surface area (Å²) >= 11 is 4.99. The number of thiocarbonyl (C=S) groups is 1. The fourth-order valence-corrected chi connectivity index (χ4v) is 2.16. The number of carbonyl (C=O) groups excluding carboxylic acids is 1. The largest absolute Gasteiger partial charge is 0.389 e. The first-order valence-electron chi connectivity index (χ1n) is 6.41. The Labute approximate surface area is 120 Å². The van der Waals surface area contributed by atoms with Crippen LogP contribution in [-0.2, 0) is 4.79 Å². The van der Waals surface area contributed by atoms with Crippen molar-refractivity contribution in [2.24, 2.45) is 5.73 Å². The maximum atomic E-state index is 11.7. The van der Waals surface area contributed by atoms with Crippen LogP contribution in [0.25, 0.3) is 0 Å². The number of aryl methyl sites for hydroxylation is 1. The highest BCUT2D eigenvalue weighted by atomic mass is 32.1. The van der Waals surface area contributed by atoms with Gasteiger partial charge in [0, 0.05) is 24.3 Å². The van der Waals surface area contributed by atoms with Crippen LogP contribution in [0.1, 0.15) is 25.0 Å². The second-order valence-corrected chi connectivity index (χ2v) is 4.77. The van der Waals surface area contributed by atoms with E-state index in [0.29, 0.717) is 18.1 Å². The molecule has 0 fully saturated rings. The van der Waals surface area contributed by atoms with Gasteiger partial charge in [0.1, 0.15) is 4.99 Å². The van der Waals surface area contributed by atoms with E-state index in [1.165, 1.54) is 0 Å². The van der Waals surface area contributed by atoms with Crippen LogP contribution in [0.5, 0.6) is 0 Å². The molecule has 1 rings (SSSR count). The Bertz CT molecular complexity index is 474. The Morgan fingerprint density at radius 2 is 2.11 bits per heavy atom. The van der Waals surface area contributed by atoms with Crippen LogP contribution >= 0.6 is 12.2 Å². The highest BCUT2D eigenvalue weighted by Gasteiger charge is 2.11. The number of nitrogens with one attached hydrogen (secondary N) is 1. The molecular formula is C14H21N3OS. The normalized spacial score (nSPS) is 10.1. The molecule has 1 amide bonds. The summed E-state index contributed by atoms with van der Waals surface area (Å²) in [7, 11) is 0. The fraction of sp³-hybridized carbons (Fsp3) is 0.429. The second-order valence-electron chi connectivity index (χ2n) is 4.33. The Morgan fingerprint density at radius 1 is 1.42 bits per heavy atom. The van der Waals surface area contributed by atoms with Crippen LogP contribution in [0.2, 0.25) is 0 Å². The van der Waals surface area contributed by atoms with Gasteiger partial charge in [-0.05, 0) is 44.5 Å². The van der Waals surface area contributed by atoms with E-state index in [0.717, 1.165) is 23.4 Å². The lowest BCUT2D eigenvalue weighted by Crippen LogP contribution is -2.37. The molecule has 0 aromatic heterocycles. The molecule has 4 nitrogen and oxygen atoms in total. The average Bonchev–Trinajstić information content (AvgIpc) is 2.35. The topological polar surface area (TPSA) is 58.4 Å². The summed E-state index contributed by atoms with van der Waals surface area (Å²) < 4.78 is 0. The standard InChI is InChI=1S/C14H21N3OS/c1-4-16-13(18)9-17(5-2)11-6-7-12(14(15)19)10(3)8-11/h6-8H,4-5,9H2,1-3H3,(H2,15,19)(H,16,18). The molecule has 0 unspecified atom stereocenters. The zero-order valence-corrected chi connectivity index (χ0v) is 12.5. The van der Waals surface area contributed by atoms with Gasteiger partial charge < -0.3 is 16.0 Å². The van der Waals surface area contributed by atoms with E-state index >= 15 is 0 Å². The molecule has 19 heavy (non-hydrogen) atoms. The number of nitrogens with two attached hydrogens (primary N) is 1. The van der Waals surface area contributed by atoms with E-state index in [2.05, 4.69) is 5.32 Å². The molecule has 0 aliphatic heterocycles. The summed E-state index contributed by atoms with van der Waals surface area (Å²) in [5.74, 6) is 0.0282. The highest BCUT2D eigenvalue weighted by Crippen LogP contribution is 2.19. The minimum atomic E-state index is 0.0282. The summed E-state index contributed by atoms with van der Waals surface area (Å²) in [5.41, 5.74) is 8.56. The molecular weight excluding hydrogens is 258 g/mol. The third-order valence-electron chi connectivity index (χ3n) is 2.93. The molecule has 0 aliphatic carbocycles. The van der Waals surface area contributed by atoms with Crippen LogP contribution in [0.4, 0.5) is 5.69 Å².